The molecular formula is C19H20O2. The van der Waals surface area contributed by atoms with Crippen LogP contribution in [0.1, 0.15) is 24.0 Å². The largest absolute Gasteiger partial charge is 0.508 e. The van der Waals surface area contributed by atoms with E-state index in [1.807, 2.05) is 36.4 Å². The van der Waals surface area contributed by atoms with Gasteiger partial charge in [-0.3, -0.25) is 0 Å². The van der Waals surface area contributed by atoms with Gasteiger partial charge in [0, 0.05) is 5.41 Å². The van der Waals surface area contributed by atoms with Crippen LogP contribution in [0.15, 0.2) is 73.8 Å². The van der Waals surface area contributed by atoms with E-state index in [-0.39, 0.29) is 16.9 Å². The average Bonchev–Trinajstić information content (AvgIpc) is 2.48. The number of benzene rings is 2. The van der Waals surface area contributed by atoms with Crippen molar-refractivity contribution in [3.05, 3.63) is 85.0 Å². The van der Waals surface area contributed by atoms with Gasteiger partial charge in [0.05, 0.1) is 0 Å². The van der Waals surface area contributed by atoms with E-state index in [0.717, 1.165) is 24.0 Å². The molecule has 0 spiro atoms. The first kappa shape index (κ1) is 14.9. The number of phenolic OH excluding ortho intramolecular Hbond substituents is 2. The summed E-state index contributed by atoms with van der Waals surface area (Å²) in [5.74, 6) is 0.492. The molecule has 2 aromatic carbocycles. The minimum atomic E-state index is -0.287. The Morgan fingerprint density at radius 1 is 0.714 bits per heavy atom. The van der Waals surface area contributed by atoms with Gasteiger partial charge in [0.25, 0.3) is 0 Å². The molecule has 0 bridgehead atoms. The Kier molecular flexibility index (Phi) is 4.49. The Hall–Kier alpha value is -2.48. The van der Waals surface area contributed by atoms with E-state index in [2.05, 4.69) is 13.2 Å². The van der Waals surface area contributed by atoms with Crippen molar-refractivity contribution in [2.75, 3.05) is 0 Å². The Bertz CT molecular complexity index is 552. The standard InChI is InChI=1S/C19H20O2/c1-3-13-19(14-4-2,15-5-9-17(20)10-6-15)16-7-11-18(21)12-8-16/h3-12,20-21H,1-2,13-14H2. The van der Waals surface area contributed by atoms with Crippen molar-refractivity contribution in [1.82, 2.24) is 0 Å². The summed E-state index contributed by atoms with van der Waals surface area (Å²) < 4.78 is 0. The molecule has 2 N–H and O–H groups in total. The second-order valence-electron chi connectivity index (χ2n) is 5.16. The lowest BCUT2D eigenvalue weighted by Crippen LogP contribution is -2.26. The summed E-state index contributed by atoms with van der Waals surface area (Å²) in [5.41, 5.74) is 1.89. The fraction of sp³-hybridized carbons (Fsp3) is 0.158. The van der Waals surface area contributed by atoms with Gasteiger partial charge in [-0.25, -0.2) is 0 Å². The monoisotopic (exact) mass is 280 g/mol. The fourth-order valence-corrected chi connectivity index (χ4v) is 2.78. The Balaban J connectivity index is 2.61. The Morgan fingerprint density at radius 3 is 1.33 bits per heavy atom. The molecular weight excluding hydrogens is 260 g/mol. The molecule has 0 amide bonds. The average molecular weight is 280 g/mol. The van der Waals surface area contributed by atoms with Crippen LogP contribution in [0.25, 0.3) is 0 Å². The summed E-state index contributed by atoms with van der Waals surface area (Å²) in [5, 5.41) is 19.0. The third-order valence-electron chi connectivity index (χ3n) is 3.83. The predicted octanol–water partition coefficient (Wildman–Crippen LogP) is 4.54. The van der Waals surface area contributed by atoms with Crippen LogP contribution in [0, 0.1) is 0 Å². The molecule has 0 aliphatic rings. The molecule has 0 aromatic heterocycles. The van der Waals surface area contributed by atoms with Gasteiger partial charge in [-0.1, -0.05) is 36.4 Å². The van der Waals surface area contributed by atoms with Gasteiger partial charge in [-0.2, -0.15) is 0 Å². The zero-order chi connectivity index (χ0) is 15.3. The molecule has 21 heavy (non-hydrogen) atoms. The van der Waals surface area contributed by atoms with Crippen LogP contribution in [0.4, 0.5) is 0 Å². The fourth-order valence-electron chi connectivity index (χ4n) is 2.78. The molecule has 0 aliphatic carbocycles. The molecule has 108 valence electrons. The Morgan fingerprint density at radius 2 is 1.05 bits per heavy atom. The van der Waals surface area contributed by atoms with Gasteiger partial charge < -0.3 is 10.2 Å². The van der Waals surface area contributed by atoms with E-state index in [0.29, 0.717) is 0 Å². The van der Waals surface area contributed by atoms with Crippen LogP contribution in [0.2, 0.25) is 0 Å². The van der Waals surface area contributed by atoms with Crippen molar-refractivity contribution in [1.29, 1.82) is 0 Å². The summed E-state index contributed by atoms with van der Waals surface area (Å²) in [6.07, 6.45) is 5.27. The molecule has 2 aromatic rings. The number of hydrogen-bond acceptors (Lipinski definition) is 2. The first-order valence-corrected chi connectivity index (χ1v) is 6.93. The normalized spacial score (nSPS) is 11.0. The highest BCUT2D eigenvalue weighted by Crippen LogP contribution is 2.40. The predicted molar refractivity (Wildman–Crippen MR) is 86.6 cm³/mol. The van der Waals surface area contributed by atoms with Crippen molar-refractivity contribution >= 4 is 0 Å². The smallest absolute Gasteiger partial charge is 0.115 e. The molecule has 2 nitrogen and oxygen atoms in total. The molecule has 0 saturated heterocycles. The van der Waals surface area contributed by atoms with Crippen molar-refractivity contribution in [3.63, 3.8) is 0 Å². The van der Waals surface area contributed by atoms with E-state index >= 15 is 0 Å². The third-order valence-corrected chi connectivity index (χ3v) is 3.83. The maximum atomic E-state index is 9.52. The maximum absolute atomic E-state index is 9.52. The molecule has 0 aliphatic heterocycles. The lowest BCUT2D eigenvalue weighted by atomic mass is 9.70. The lowest BCUT2D eigenvalue weighted by molar-refractivity contribution is 0.471. The molecule has 0 saturated carbocycles. The summed E-state index contributed by atoms with van der Waals surface area (Å²) in [6, 6.07) is 14.5. The van der Waals surface area contributed by atoms with Crippen molar-refractivity contribution < 1.29 is 10.2 Å². The van der Waals surface area contributed by atoms with Gasteiger partial charge in [0.1, 0.15) is 11.5 Å². The van der Waals surface area contributed by atoms with E-state index in [1.54, 1.807) is 24.3 Å². The molecule has 0 fully saturated rings. The summed E-state index contributed by atoms with van der Waals surface area (Å²) in [7, 11) is 0. The summed E-state index contributed by atoms with van der Waals surface area (Å²) >= 11 is 0. The van der Waals surface area contributed by atoms with E-state index in [4.69, 9.17) is 0 Å². The topological polar surface area (TPSA) is 40.5 Å². The number of phenols is 2. The van der Waals surface area contributed by atoms with Crippen LogP contribution in [-0.2, 0) is 5.41 Å². The molecule has 0 radical (unpaired) electrons. The zero-order valence-electron chi connectivity index (χ0n) is 12.0. The SMILES string of the molecule is C=CCC(CC=C)(c1ccc(O)cc1)c1ccc(O)cc1. The maximum Gasteiger partial charge on any atom is 0.115 e. The minimum absolute atomic E-state index is 0.246. The molecule has 2 rings (SSSR count). The first-order valence-electron chi connectivity index (χ1n) is 6.93. The number of aromatic hydroxyl groups is 2. The van der Waals surface area contributed by atoms with E-state index < -0.39 is 0 Å². The molecule has 0 atom stereocenters. The van der Waals surface area contributed by atoms with E-state index in [1.165, 1.54) is 0 Å². The third kappa shape index (κ3) is 3.00. The lowest BCUT2D eigenvalue weighted by Gasteiger charge is -2.33. The van der Waals surface area contributed by atoms with Crippen LogP contribution in [0.3, 0.4) is 0 Å². The van der Waals surface area contributed by atoms with Crippen molar-refractivity contribution in [2.45, 2.75) is 18.3 Å². The molecule has 0 heterocycles. The van der Waals surface area contributed by atoms with Crippen LogP contribution >= 0.6 is 0 Å². The van der Waals surface area contributed by atoms with Gasteiger partial charge >= 0.3 is 0 Å². The summed E-state index contributed by atoms with van der Waals surface area (Å²) in [6.45, 7) is 7.76. The number of rotatable bonds is 6. The van der Waals surface area contributed by atoms with Gasteiger partial charge in [-0.05, 0) is 48.2 Å². The van der Waals surface area contributed by atoms with Crippen LogP contribution < -0.4 is 0 Å². The van der Waals surface area contributed by atoms with Crippen LogP contribution in [-0.4, -0.2) is 10.2 Å². The van der Waals surface area contributed by atoms with Gasteiger partial charge in [-0.15, -0.1) is 13.2 Å². The second-order valence-corrected chi connectivity index (χ2v) is 5.16. The number of hydrogen-bond donors (Lipinski definition) is 2. The second kappa shape index (κ2) is 6.31. The van der Waals surface area contributed by atoms with Gasteiger partial charge in [0.15, 0.2) is 0 Å². The van der Waals surface area contributed by atoms with E-state index in [9.17, 15) is 10.2 Å². The molecule has 0 unspecified atom stereocenters. The highest BCUT2D eigenvalue weighted by atomic mass is 16.3. The van der Waals surface area contributed by atoms with Gasteiger partial charge in [0.2, 0.25) is 0 Å². The summed E-state index contributed by atoms with van der Waals surface area (Å²) in [4.78, 5) is 0. The zero-order valence-corrected chi connectivity index (χ0v) is 12.0. The number of allylic oxidation sites excluding steroid dienone is 2. The van der Waals surface area contributed by atoms with Crippen LogP contribution in [0.5, 0.6) is 11.5 Å². The van der Waals surface area contributed by atoms with Crippen molar-refractivity contribution in [3.8, 4) is 11.5 Å². The Labute approximate surface area is 125 Å². The first-order chi connectivity index (χ1) is 10.1. The minimum Gasteiger partial charge on any atom is -0.508 e. The highest BCUT2D eigenvalue weighted by Gasteiger charge is 2.31. The highest BCUT2D eigenvalue weighted by molar-refractivity contribution is 5.44. The van der Waals surface area contributed by atoms with Crippen molar-refractivity contribution in [2.24, 2.45) is 0 Å². The quantitative estimate of drug-likeness (QED) is 0.763. The molecule has 2 heteroatoms.